The highest BCUT2D eigenvalue weighted by Gasteiger charge is 2.07. The highest BCUT2D eigenvalue weighted by molar-refractivity contribution is 8.02. The van der Waals surface area contributed by atoms with Crippen molar-refractivity contribution in [3.63, 3.8) is 0 Å². The van der Waals surface area contributed by atoms with E-state index in [2.05, 4.69) is 18.4 Å². The lowest BCUT2D eigenvalue weighted by atomic mass is 10.0. The van der Waals surface area contributed by atoms with Crippen molar-refractivity contribution in [1.29, 1.82) is 0 Å². The molecule has 0 bridgehead atoms. The molecule has 0 radical (unpaired) electrons. The third kappa shape index (κ3) is 2.44. The van der Waals surface area contributed by atoms with E-state index in [-0.39, 0.29) is 0 Å². The lowest BCUT2D eigenvalue weighted by molar-refractivity contribution is 0.539. The highest BCUT2D eigenvalue weighted by Crippen LogP contribution is 2.23. The fourth-order valence-electron chi connectivity index (χ4n) is 1.19. The van der Waals surface area contributed by atoms with Crippen molar-refractivity contribution >= 4 is 11.8 Å². The van der Waals surface area contributed by atoms with E-state index in [0.717, 1.165) is 5.92 Å². The number of allylic oxidation sites excluding steroid dienone is 1. The molecule has 0 saturated heterocycles. The van der Waals surface area contributed by atoms with Crippen LogP contribution in [-0.2, 0) is 0 Å². The first-order valence-electron chi connectivity index (χ1n) is 3.70. The van der Waals surface area contributed by atoms with Gasteiger partial charge in [0.25, 0.3) is 0 Å². The van der Waals surface area contributed by atoms with Crippen molar-refractivity contribution in [1.82, 2.24) is 0 Å². The van der Waals surface area contributed by atoms with Gasteiger partial charge in [0.15, 0.2) is 0 Å². The summed E-state index contributed by atoms with van der Waals surface area (Å²) in [5, 5.41) is 2.23. The van der Waals surface area contributed by atoms with Crippen molar-refractivity contribution in [3.8, 4) is 0 Å². The SMILES string of the molecule is CCCC1CC=CSC1. The molecule has 1 aliphatic rings. The van der Waals surface area contributed by atoms with Gasteiger partial charge in [-0.1, -0.05) is 19.4 Å². The van der Waals surface area contributed by atoms with Crippen LogP contribution in [0.2, 0.25) is 0 Å². The Morgan fingerprint density at radius 2 is 2.56 bits per heavy atom. The van der Waals surface area contributed by atoms with E-state index in [9.17, 15) is 0 Å². The zero-order chi connectivity index (χ0) is 6.53. The molecule has 1 unspecified atom stereocenters. The summed E-state index contributed by atoms with van der Waals surface area (Å²) in [6.45, 7) is 2.27. The summed E-state index contributed by atoms with van der Waals surface area (Å²) in [6.07, 6.45) is 6.38. The van der Waals surface area contributed by atoms with Crippen LogP contribution in [0.4, 0.5) is 0 Å². The van der Waals surface area contributed by atoms with Gasteiger partial charge in [-0.15, -0.1) is 11.8 Å². The fraction of sp³-hybridized carbons (Fsp3) is 0.750. The van der Waals surface area contributed by atoms with Crippen molar-refractivity contribution in [3.05, 3.63) is 11.5 Å². The second-order valence-corrected chi connectivity index (χ2v) is 3.53. The first kappa shape index (κ1) is 7.20. The van der Waals surface area contributed by atoms with Gasteiger partial charge in [0.2, 0.25) is 0 Å². The molecule has 52 valence electrons. The Bertz CT molecular complexity index is 96.7. The van der Waals surface area contributed by atoms with Crippen LogP contribution >= 0.6 is 11.8 Å². The lowest BCUT2D eigenvalue weighted by Crippen LogP contribution is -2.03. The zero-order valence-corrected chi connectivity index (χ0v) is 6.79. The van der Waals surface area contributed by atoms with E-state index in [0.29, 0.717) is 0 Å². The van der Waals surface area contributed by atoms with Crippen LogP contribution in [0.15, 0.2) is 11.5 Å². The van der Waals surface area contributed by atoms with Crippen molar-refractivity contribution in [2.75, 3.05) is 5.75 Å². The van der Waals surface area contributed by atoms with Crippen molar-refractivity contribution in [2.45, 2.75) is 26.2 Å². The average Bonchev–Trinajstić information content (AvgIpc) is 1.91. The Morgan fingerprint density at radius 1 is 1.67 bits per heavy atom. The summed E-state index contributed by atoms with van der Waals surface area (Å²) in [7, 11) is 0. The van der Waals surface area contributed by atoms with Crippen molar-refractivity contribution < 1.29 is 0 Å². The second-order valence-electron chi connectivity index (χ2n) is 2.60. The predicted octanol–water partition coefficient (Wildman–Crippen LogP) is 3.05. The van der Waals surface area contributed by atoms with Gasteiger partial charge < -0.3 is 0 Å². The van der Waals surface area contributed by atoms with Gasteiger partial charge >= 0.3 is 0 Å². The molecule has 0 nitrogen and oxygen atoms in total. The molecule has 0 aromatic rings. The molecule has 9 heavy (non-hydrogen) atoms. The smallest absolute Gasteiger partial charge is 0.000527 e. The maximum Gasteiger partial charge on any atom is 0.000527 e. The number of thioether (sulfide) groups is 1. The maximum atomic E-state index is 2.30. The van der Waals surface area contributed by atoms with Crippen LogP contribution in [0, 0.1) is 5.92 Å². The number of hydrogen-bond donors (Lipinski definition) is 0. The summed E-state index contributed by atoms with van der Waals surface area (Å²) in [6, 6.07) is 0. The quantitative estimate of drug-likeness (QED) is 0.571. The second kappa shape index (κ2) is 3.99. The topological polar surface area (TPSA) is 0 Å². The van der Waals surface area contributed by atoms with Gasteiger partial charge in [0.1, 0.15) is 0 Å². The molecule has 0 amide bonds. The molecule has 1 atom stereocenters. The summed E-state index contributed by atoms with van der Waals surface area (Å²) in [5.41, 5.74) is 0. The monoisotopic (exact) mass is 142 g/mol. The molecular weight excluding hydrogens is 128 g/mol. The molecule has 1 heterocycles. The van der Waals surface area contributed by atoms with E-state index in [4.69, 9.17) is 0 Å². The zero-order valence-electron chi connectivity index (χ0n) is 5.97. The Hall–Kier alpha value is 0.0900. The Kier molecular flexibility index (Phi) is 3.20. The standard InChI is InChI=1S/C8H14S/c1-2-4-8-5-3-6-9-7-8/h3,6,8H,2,4-5,7H2,1H3. The maximum absolute atomic E-state index is 2.30. The Balaban J connectivity index is 2.18. The third-order valence-electron chi connectivity index (χ3n) is 1.69. The minimum atomic E-state index is 0.977. The van der Waals surface area contributed by atoms with Gasteiger partial charge in [0, 0.05) is 5.75 Å². The molecule has 0 aliphatic carbocycles. The molecule has 1 heteroatoms. The van der Waals surface area contributed by atoms with E-state index < -0.39 is 0 Å². The van der Waals surface area contributed by atoms with Gasteiger partial charge in [0.05, 0.1) is 0 Å². The minimum absolute atomic E-state index is 0.977. The van der Waals surface area contributed by atoms with Crippen LogP contribution in [0.5, 0.6) is 0 Å². The van der Waals surface area contributed by atoms with E-state index in [1.54, 1.807) is 0 Å². The largest absolute Gasteiger partial charge is 0.134 e. The average molecular weight is 142 g/mol. The van der Waals surface area contributed by atoms with E-state index >= 15 is 0 Å². The lowest BCUT2D eigenvalue weighted by Gasteiger charge is -2.15. The van der Waals surface area contributed by atoms with Gasteiger partial charge in [-0.3, -0.25) is 0 Å². The number of hydrogen-bond acceptors (Lipinski definition) is 1. The Labute approximate surface area is 61.7 Å². The molecule has 0 N–H and O–H groups in total. The molecule has 0 spiro atoms. The van der Waals surface area contributed by atoms with Gasteiger partial charge in [-0.25, -0.2) is 0 Å². The Morgan fingerprint density at radius 3 is 3.11 bits per heavy atom. The fourth-order valence-corrected chi connectivity index (χ4v) is 2.12. The predicted molar refractivity (Wildman–Crippen MR) is 44.6 cm³/mol. The first-order valence-corrected chi connectivity index (χ1v) is 4.75. The van der Waals surface area contributed by atoms with Crippen LogP contribution in [0.25, 0.3) is 0 Å². The molecule has 0 fully saturated rings. The van der Waals surface area contributed by atoms with Crippen molar-refractivity contribution in [2.24, 2.45) is 5.92 Å². The minimum Gasteiger partial charge on any atom is -0.134 e. The number of rotatable bonds is 2. The summed E-state index contributed by atoms with van der Waals surface area (Å²) < 4.78 is 0. The molecular formula is C8H14S. The normalized spacial score (nSPS) is 26.6. The van der Waals surface area contributed by atoms with Crippen LogP contribution in [0.1, 0.15) is 26.2 Å². The summed E-state index contributed by atoms with van der Waals surface area (Å²) in [4.78, 5) is 0. The third-order valence-corrected chi connectivity index (χ3v) is 2.74. The summed E-state index contributed by atoms with van der Waals surface area (Å²) in [5.74, 6) is 2.33. The molecule has 0 saturated carbocycles. The summed E-state index contributed by atoms with van der Waals surface area (Å²) >= 11 is 1.96. The van der Waals surface area contributed by atoms with E-state index in [1.807, 2.05) is 11.8 Å². The van der Waals surface area contributed by atoms with Gasteiger partial charge in [-0.2, -0.15) is 0 Å². The molecule has 1 rings (SSSR count). The molecule has 0 aromatic heterocycles. The highest BCUT2D eigenvalue weighted by atomic mass is 32.2. The molecule has 1 aliphatic heterocycles. The van der Waals surface area contributed by atoms with Crippen LogP contribution in [-0.4, -0.2) is 5.75 Å². The van der Waals surface area contributed by atoms with E-state index in [1.165, 1.54) is 25.0 Å². The first-order chi connectivity index (χ1) is 4.43. The van der Waals surface area contributed by atoms with Crippen LogP contribution in [0.3, 0.4) is 0 Å². The van der Waals surface area contributed by atoms with Crippen LogP contribution < -0.4 is 0 Å². The van der Waals surface area contributed by atoms with Gasteiger partial charge in [-0.05, 0) is 24.2 Å². The molecule has 0 aromatic carbocycles.